The summed E-state index contributed by atoms with van der Waals surface area (Å²) in [5.74, 6) is 0.807. The lowest BCUT2D eigenvalue weighted by Gasteiger charge is -2.09. The number of para-hydroxylation sites is 2. The van der Waals surface area contributed by atoms with E-state index in [9.17, 15) is 4.79 Å². The molecule has 4 aromatic rings. The minimum absolute atomic E-state index is 0.187. The molecule has 0 spiro atoms. The van der Waals surface area contributed by atoms with Crippen molar-refractivity contribution in [1.29, 1.82) is 0 Å². The van der Waals surface area contributed by atoms with Crippen molar-refractivity contribution in [2.24, 2.45) is 5.10 Å². The SMILES string of the molecule is COc1ccc(C=NNC(=O)CSc2nc3ccccc3n2Cc2ccccc2)cc1. The van der Waals surface area contributed by atoms with Crippen LogP contribution < -0.4 is 10.2 Å². The number of fused-ring (bicyclic) bond motifs is 1. The standard InChI is InChI=1S/C24H22N4O2S/c1-30-20-13-11-18(12-14-20)15-25-27-23(29)17-31-24-26-21-9-5-6-10-22(21)28(24)16-19-7-3-2-4-8-19/h2-15H,16-17H2,1H3,(H,27,29). The third-order valence-corrected chi connectivity index (χ3v) is 5.63. The van der Waals surface area contributed by atoms with Crippen molar-refractivity contribution < 1.29 is 9.53 Å². The van der Waals surface area contributed by atoms with Gasteiger partial charge in [0.25, 0.3) is 5.91 Å². The molecule has 7 heteroatoms. The average molecular weight is 431 g/mol. The number of ether oxygens (including phenoxy) is 1. The Morgan fingerprint density at radius 3 is 2.58 bits per heavy atom. The number of thioether (sulfide) groups is 1. The number of hydrogen-bond acceptors (Lipinski definition) is 5. The fourth-order valence-electron chi connectivity index (χ4n) is 3.11. The maximum absolute atomic E-state index is 12.3. The number of imidazole rings is 1. The average Bonchev–Trinajstić information content (AvgIpc) is 3.16. The van der Waals surface area contributed by atoms with Gasteiger partial charge in [-0.2, -0.15) is 5.10 Å². The molecule has 0 bridgehead atoms. The maximum Gasteiger partial charge on any atom is 0.250 e. The molecule has 6 nitrogen and oxygen atoms in total. The van der Waals surface area contributed by atoms with E-state index in [0.717, 1.165) is 27.5 Å². The number of nitrogens with zero attached hydrogens (tertiary/aromatic N) is 3. The zero-order chi connectivity index (χ0) is 21.5. The fraction of sp³-hybridized carbons (Fsp3) is 0.125. The number of aromatic nitrogens is 2. The summed E-state index contributed by atoms with van der Waals surface area (Å²) >= 11 is 1.40. The third-order valence-electron chi connectivity index (χ3n) is 4.65. The van der Waals surface area contributed by atoms with Crippen molar-refractivity contribution in [1.82, 2.24) is 15.0 Å². The van der Waals surface area contributed by atoms with Crippen LogP contribution in [0.15, 0.2) is 89.1 Å². The molecular weight excluding hydrogens is 408 g/mol. The number of amides is 1. The molecule has 156 valence electrons. The summed E-state index contributed by atoms with van der Waals surface area (Å²) in [7, 11) is 1.62. The lowest BCUT2D eigenvalue weighted by atomic mass is 10.2. The molecule has 1 N–H and O–H groups in total. The molecule has 3 aromatic carbocycles. The Bertz CT molecular complexity index is 1190. The minimum atomic E-state index is -0.187. The van der Waals surface area contributed by atoms with Crippen LogP contribution >= 0.6 is 11.8 Å². The number of nitrogens with one attached hydrogen (secondary N) is 1. The van der Waals surface area contributed by atoms with Gasteiger partial charge >= 0.3 is 0 Å². The number of carbonyl (C=O) groups is 1. The predicted molar refractivity (Wildman–Crippen MR) is 125 cm³/mol. The largest absolute Gasteiger partial charge is 0.497 e. The van der Waals surface area contributed by atoms with Crippen LogP contribution in [0.1, 0.15) is 11.1 Å². The highest BCUT2D eigenvalue weighted by molar-refractivity contribution is 7.99. The molecular formula is C24H22N4O2S. The number of methoxy groups -OCH3 is 1. The topological polar surface area (TPSA) is 68.5 Å². The normalized spacial score (nSPS) is 11.1. The van der Waals surface area contributed by atoms with Crippen LogP contribution in [0.4, 0.5) is 0 Å². The Labute approximate surface area is 185 Å². The van der Waals surface area contributed by atoms with Gasteiger partial charge in [0, 0.05) is 0 Å². The van der Waals surface area contributed by atoms with Crippen LogP contribution in [0.5, 0.6) is 5.75 Å². The van der Waals surface area contributed by atoms with Crippen LogP contribution in [0.3, 0.4) is 0 Å². The van der Waals surface area contributed by atoms with E-state index in [4.69, 9.17) is 9.72 Å². The molecule has 0 aliphatic heterocycles. The molecule has 0 unspecified atom stereocenters. The van der Waals surface area contributed by atoms with Gasteiger partial charge in [0.15, 0.2) is 5.16 Å². The first-order valence-corrected chi connectivity index (χ1v) is 10.8. The smallest absolute Gasteiger partial charge is 0.250 e. The number of hydrogen-bond donors (Lipinski definition) is 1. The van der Waals surface area contributed by atoms with Gasteiger partial charge in [-0.1, -0.05) is 54.2 Å². The van der Waals surface area contributed by atoms with Crippen molar-refractivity contribution in [2.45, 2.75) is 11.7 Å². The molecule has 1 amide bonds. The van der Waals surface area contributed by atoms with Gasteiger partial charge in [0.2, 0.25) is 0 Å². The number of carbonyl (C=O) groups excluding carboxylic acids is 1. The van der Waals surface area contributed by atoms with Crippen LogP contribution in [0, 0.1) is 0 Å². The second kappa shape index (κ2) is 9.95. The Hall–Kier alpha value is -3.58. The van der Waals surface area contributed by atoms with E-state index in [1.54, 1.807) is 13.3 Å². The lowest BCUT2D eigenvalue weighted by molar-refractivity contribution is -0.118. The third kappa shape index (κ3) is 5.32. The van der Waals surface area contributed by atoms with Crippen molar-refractivity contribution in [2.75, 3.05) is 12.9 Å². The Morgan fingerprint density at radius 2 is 1.81 bits per heavy atom. The van der Waals surface area contributed by atoms with Crippen LogP contribution in [-0.2, 0) is 11.3 Å². The highest BCUT2D eigenvalue weighted by atomic mass is 32.2. The first kappa shape index (κ1) is 20.7. The van der Waals surface area contributed by atoms with Crippen molar-refractivity contribution in [3.8, 4) is 5.75 Å². The van der Waals surface area contributed by atoms with Crippen LogP contribution in [0.2, 0.25) is 0 Å². The molecule has 0 radical (unpaired) electrons. The maximum atomic E-state index is 12.3. The van der Waals surface area contributed by atoms with E-state index < -0.39 is 0 Å². The molecule has 4 rings (SSSR count). The van der Waals surface area contributed by atoms with Gasteiger partial charge in [-0.15, -0.1) is 0 Å². The number of hydrazone groups is 1. The van der Waals surface area contributed by atoms with Crippen molar-refractivity contribution in [3.05, 3.63) is 90.0 Å². The quantitative estimate of drug-likeness (QED) is 0.257. The molecule has 0 atom stereocenters. The molecule has 1 aromatic heterocycles. The minimum Gasteiger partial charge on any atom is -0.497 e. The predicted octanol–water partition coefficient (Wildman–Crippen LogP) is 4.34. The Morgan fingerprint density at radius 1 is 1.06 bits per heavy atom. The number of rotatable bonds is 8. The molecule has 0 saturated heterocycles. The summed E-state index contributed by atoms with van der Waals surface area (Å²) in [5, 5.41) is 4.84. The fourth-order valence-corrected chi connectivity index (χ4v) is 3.92. The number of benzene rings is 3. The van der Waals surface area contributed by atoms with E-state index in [2.05, 4.69) is 33.3 Å². The zero-order valence-electron chi connectivity index (χ0n) is 17.1. The molecule has 0 saturated carbocycles. The first-order chi connectivity index (χ1) is 15.2. The van der Waals surface area contributed by atoms with Gasteiger partial charge in [0.05, 0.1) is 36.7 Å². The van der Waals surface area contributed by atoms with Gasteiger partial charge in [0.1, 0.15) is 5.75 Å². The summed E-state index contributed by atoms with van der Waals surface area (Å²) in [6, 6.07) is 25.7. The van der Waals surface area contributed by atoms with Crippen molar-refractivity contribution >= 4 is 34.9 Å². The van der Waals surface area contributed by atoms with Crippen molar-refractivity contribution in [3.63, 3.8) is 0 Å². The van der Waals surface area contributed by atoms with E-state index in [1.165, 1.54) is 17.3 Å². The van der Waals surface area contributed by atoms with Gasteiger partial charge < -0.3 is 9.30 Å². The monoisotopic (exact) mass is 430 g/mol. The second-order valence-electron chi connectivity index (χ2n) is 6.81. The molecule has 31 heavy (non-hydrogen) atoms. The second-order valence-corrected chi connectivity index (χ2v) is 7.75. The summed E-state index contributed by atoms with van der Waals surface area (Å²) in [5.41, 5.74) is 6.59. The van der Waals surface area contributed by atoms with Crippen LogP contribution in [0.25, 0.3) is 11.0 Å². The Balaban J connectivity index is 1.41. The van der Waals surface area contributed by atoms with Gasteiger partial charge in [-0.3, -0.25) is 4.79 Å². The van der Waals surface area contributed by atoms with E-state index in [0.29, 0.717) is 6.54 Å². The summed E-state index contributed by atoms with van der Waals surface area (Å²) < 4.78 is 7.27. The lowest BCUT2D eigenvalue weighted by Crippen LogP contribution is -2.20. The van der Waals surface area contributed by atoms with Gasteiger partial charge in [-0.05, 0) is 47.5 Å². The van der Waals surface area contributed by atoms with Gasteiger partial charge in [-0.25, -0.2) is 10.4 Å². The Kier molecular flexibility index (Phi) is 6.64. The summed E-state index contributed by atoms with van der Waals surface area (Å²) in [6.45, 7) is 0.695. The molecule has 0 aliphatic carbocycles. The zero-order valence-corrected chi connectivity index (χ0v) is 17.9. The molecule has 0 aliphatic rings. The molecule has 0 fully saturated rings. The molecule has 1 heterocycles. The highest BCUT2D eigenvalue weighted by Crippen LogP contribution is 2.25. The van der Waals surface area contributed by atoms with E-state index in [-0.39, 0.29) is 11.7 Å². The summed E-state index contributed by atoms with van der Waals surface area (Å²) in [4.78, 5) is 17.0. The van der Waals surface area contributed by atoms with Crippen LogP contribution in [-0.4, -0.2) is 34.5 Å². The first-order valence-electron chi connectivity index (χ1n) is 9.81. The van der Waals surface area contributed by atoms with E-state index in [1.807, 2.05) is 60.7 Å². The van der Waals surface area contributed by atoms with E-state index >= 15 is 0 Å². The highest BCUT2D eigenvalue weighted by Gasteiger charge is 2.13. The summed E-state index contributed by atoms with van der Waals surface area (Å²) in [6.07, 6.45) is 1.60.